The lowest BCUT2D eigenvalue weighted by atomic mass is 9.98. The normalized spacial score (nSPS) is 12.5. The van der Waals surface area contributed by atoms with Gasteiger partial charge in [0.2, 0.25) is 0 Å². The number of hydrogen-bond donors (Lipinski definition) is 0. The van der Waals surface area contributed by atoms with E-state index in [4.69, 9.17) is 25.8 Å². The van der Waals surface area contributed by atoms with E-state index in [2.05, 4.69) is 0 Å². The van der Waals surface area contributed by atoms with Crippen molar-refractivity contribution in [2.24, 2.45) is 0 Å². The van der Waals surface area contributed by atoms with Gasteiger partial charge in [0.1, 0.15) is 17.4 Å². The van der Waals surface area contributed by atoms with Gasteiger partial charge in [0.05, 0.1) is 19.8 Å². The Bertz CT molecular complexity index is 1050. The van der Waals surface area contributed by atoms with Crippen LogP contribution in [0.25, 0.3) is 0 Å². The zero-order chi connectivity index (χ0) is 24.0. The first kappa shape index (κ1) is 24.8. The van der Waals surface area contributed by atoms with E-state index in [0.29, 0.717) is 34.2 Å². The van der Waals surface area contributed by atoms with Crippen LogP contribution in [0, 0.1) is 11.6 Å². The molecule has 3 nitrogen and oxygen atoms in total. The molecule has 0 saturated heterocycles. The highest BCUT2D eigenvalue weighted by Gasteiger charge is 2.41. The van der Waals surface area contributed by atoms with Crippen molar-refractivity contribution >= 4 is 11.6 Å². The summed E-state index contributed by atoms with van der Waals surface area (Å²) in [5, 5.41) is 0.552. The summed E-state index contributed by atoms with van der Waals surface area (Å²) in [4.78, 5) is 0. The maximum Gasteiger partial charge on any atom is 0.397 e. The van der Waals surface area contributed by atoms with E-state index in [1.165, 1.54) is 6.92 Å². The molecule has 0 bridgehead atoms. The van der Waals surface area contributed by atoms with Crippen molar-refractivity contribution in [3.8, 4) is 17.2 Å². The van der Waals surface area contributed by atoms with Crippen LogP contribution in [0.2, 0.25) is 5.02 Å². The molecule has 0 N–H and O–H groups in total. The van der Waals surface area contributed by atoms with Gasteiger partial charge in [0.25, 0.3) is 0 Å². The molecule has 0 fully saturated rings. The van der Waals surface area contributed by atoms with Crippen molar-refractivity contribution in [2.45, 2.75) is 25.6 Å². The van der Waals surface area contributed by atoms with E-state index < -0.39 is 41.6 Å². The van der Waals surface area contributed by atoms with Gasteiger partial charge in [0.15, 0.2) is 17.4 Å². The van der Waals surface area contributed by atoms with Crippen molar-refractivity contribution in [3.05, 3.63) is 88.4 Å². The summed E-state index contributed by atoms with van der Waals surface area (Å²) in [7, 11) is 0. The number of hydrogen-bond acceptors (Lipinski definition) is 3. The van der Waals surface area contributed by atoms with E-state index in [-0.39, 0.29) is 13.2 Å². The zero-order valence-corrected chi connectivity index (χ0v) is 18.2. The third-order valence-corrected chi connectivity index (χ3v) is 4.86. The van der Waals surface area contributed by atoms with Crippen molar-refractivity contribution in [1.29, 1.82) is 0 Å². The number of benzene rings is 3. The van der Waals surface area contributed by atoms with E-state index in [1.807, 2.05) is 0 Å². The predicted octanol–water partition coefficient (Wildman–Crippen LogP) is 7.67. The molecular formula is C24H20ClF5O3. The van der Waals surface area contributed by atoms with Crippen LogP contribution in [0.4, 0.5) is 22.0 Å². The molecular weight excluding hydrogens is 467 g/mol. The van der Waals surface area contributed by atoms with Gasteiger partial charge >= 0.3 is 6.18 Å². The molecule has 0 aliphatic heterocycles. The van der Waals surface area contributed by atoms with Gasteiger partial charge in [-0.1, -0.05) is 23.7 Å². The highest BCUT2D eigenvalue weighted by molar-refractivity contribution is 6.30. The average Bonchev–Trinajstić information content (AvgIpc) is 2.75. The van der Waals surface area contributed by atoms with Crippen LogP contribution in [0.15, 0.2) is 60.7 Å². The molecule has 33 heavy (non-hydrogen) atoms. The van der Waals surface area contributed by atoms with Crippen LogP contribution < -0.4 is 9.47 Å². The number of halogens is 6. The predicted molar refractivity (Wildman–Crippen MR) is 114 cm³/mol. The Morgan fingerprint density at radius 2 is 1.58 bits per heavy atom. The molecule has 0 saturated carbocycles. The van der Waals surface area contributed by atoms with Crippen LogP contribution >= 0.6 is 11.6 Å². The minimum absolute atomic E-state index is 0.0280. The Morgan fingerprint density at radius 3 is 2.18 bits per heavy atom. The van der Waals surface area contributed by atoms with Gasteiger partial charge in [-0.2, -0.15) is 13.2 Å². The topological polar surface area (TPSA) is 27.7 Å². The Kier molecular flexibility index (Phi) is 8.15. The summed E-state index contributed by atoms with van der Waals surface area (Å²) in [6.45, 7) is 0.499. The molecule has 176 valence electrons. The Labute approximate surface area is 192 Å². The Morgan fingerprint density at radius 1 is 0.909 bits per heavy atom. The maximum atomic E-state index is 14.1. The van der Waals surface area contributed by atoms with Gasteiger partial charge in [-0.15, -0.1) is 0 Å². The Hall–Kier alpha value is -2.84. The van der Waals surface area contributed by atoms with E-state index in [1.54, 1.807) is 48.5 Å². The summed E-state index contributed by atoms with van der Waals surface area (Å²) >= 11 is 5.84. The number of rotatable bonds is 9. The molecule has 3 aromatic carbocycles. The van der Waals surface area contributed by atoms with Crippen LogP contribution in [0.5, 0.6) is 17.2 Å². The highest BCUT2D eigenvalue weighted by atomic mass is 35.5. The molecule has 1 atom stereocenters. The second kappa shape index (κ2) is 10.9. The van der Waals surface area contributed by atoms with Gasteiger partial charge < -0.3 is 14.2 Å². The second-order valence-corrected chi connectivity index (χ2v) is 7.50. The first-order valence-electron chi connectivity index (χ1n) is 9.96. The van der Waals surface area contributed by atoms with Crippen LogP contribution in [-0.2, 0) is 11.3 Å². The molecule has 0 amide bonds. The third-order valence-electron chi connectivity index (χ3n) is 4.61. The van der Waals surface area contributed by atoms with Crippen molar-refractivity contribution in [3.63, 3.8) is 0 Å². The fourth-order valence-electron chi connectivity index (χ4n) is 3.07. The second-order valence-electron chi connectivity index (χ2n) is 7.06. The zero-order valence-electron chi connectivity index (χ0n) is 17.5. The smallest absolute Gasteiger partial charge is 0.397 e. The van der Waals surface area contributed by atoms with Crippen molar-refractivity contribution in [1.82, 2.24) is 0 Å². The van der Waals surface area contributed by atoms with Gasteiger partial charge in [0, 0.05) is 5.02 Å². The SMILES string of the molecule is CCOc1c(F)cc(C(COCc2cccc(Oc3ccc(Cl)cc3)c2)C(F)(F)F)cc1F. The molecule has 0 aromatic heterocycles. The van der Waals surface area contributed by atoms with Gasteiger partial charge in [-0.05, 0) is 66.6 Å². The minimum atomic E-state index is -4.77. The summed E-state index contributed by atoms with van der Waals surface area (Å²) in [5.74, 6) is -4.33. The average molecular weight is 487 g/mol. The number of alkyl halides is 3. The van der Waals surface area contributed by atoms with Crippen LogP contribution in [-0.4, -0.2) is 19.4 Å². The lowest BCUT2D eigenvalue weighted by Crippen LogP contribution is -2.26. The highest BCUT2D eigenvalue weighted by Crippen LogP contribution is 2.37. The number of ether oxygens (including phenoxy) is 3. The molecule has 9 heteroatoms. The van der Waals surface area contributed by atoms with Crippen LogP contribution in [0.3, 0.4) is 0 Å². The molecule has 3 rings (SSSR count). The monoisotopic (exact) mass is 486 g/mol. The summed E-state index contributed by atoms with van der Waals surface area (Å²) in [6, 6.07) is 14.5. The largest absolute Gasteiger partial charge is 0.488 e. The molecule has 0 aliphatic carbocycles. The lowest BCUT2D eigenvalue weighted by Gasteiger charge is -2.21. The van der Waals surface area contributed by atoms with Gasteiger partial charge in [-0.25, -0.2) is 8.78 Å². The molecule has 0 spiro atoms. The standard InChI is InChI=1S/C24H20ClF5O3/c1-2-32-23-21(26)11-16(12-22(23)27)20(24(28,29)30)14-31-13-15-4-3-5-19(10-15)33-18-8-6-17(25)7-9-18/h3-12,20H,2,13-14H2,1H3. The summed E-state index contributed by atoms with van der Waals surface area (Å²) < 4.78 is 84.7. The first-order valence-corrected chi connectivity index (χ1v) is 10.3. The molecule has 1 unspecified atom stereocenters. The van der Waals surface area contributed by atoms with E-state index in [9.17, 15) is 22.0 Å². The van der Waals surface area contributed by atoms with E-state index in [0.717, 1.165) is 0 Å². The molecule has 0 heterocycles. The maximum absolute atomic E-state index is 14.1. The summed E-state index contributed by atoms with van der Waals surface area (Å²) in [5.41, 5.74) is -0.0211. The quantitative estimate of drug-likeness (QED) is 0.290. The third kappa shape index (κ3) is 6.82. The fourth-order valence-corrected chi connectivity index (χ4v) is 3.20. The minimum Gasteiger partial charge on any atom is -0.488 e. The van der Waals surface area contributed by atoms with Gasteiger partial charge in [-0.3, -0.25) is 0 Å². The Balaban J connectivity index is 1.68. The van der Waals surface area contributed by atoms with Crippen LogP contribution in [0.1, 0.15) is 24.0 Å². The van der Waals surface area contributed by atoms with Crippen molar-refractivity contribution < 1.29 is 36.2 Å². The first-order chi connectivity index (χ1) is 15.7. The summed E-state index contributed by atoms with van der Waals surface area (Å²) in [6.07, 6.45) is -4.77. The fraction of sp³-hybridized carbons (Fsp3) is 0.250. The lowest BCUT2D eigenvalue weighted by molar-refractivity contribution is -0.163. The molecule has 0 aliphatic rings. The van der Waals surface area contributed by atoms with E-state index >= 15 is 0 Å². The van der Waals surface area contributed by atoms with Crippen molar-refractivity contribution in [2.75, 3.05) is 13.2 Å². The molecule has 3 aromatic rings. The molecule has 0 radical (unpaired) electrons.